The summed E-state index contributed by atoms with van der Waals surface area (Å²) < 4.78 is 26.2. The summed E-state index contributed by atoms with van der Waals surface area (Å²) in [6, 6.07) is 24.8. The SMILES string of the molecule is CCNC(=O)[C@@H](Cc1ccccc1)N(Cc1cccc(Cl)c1)C(=O)CCCN(c1ccccc1)S(C)(=O)=O. The maximum atomic E-state index is 13.7. The van der Waals surface area contributed by atoms with Crippen LogP contribution in [-0.4, -0.2) is 50.5 Å². The number of sulfonamides is 1. The van der Waals surface area contributed by atoms with E-state index in [0.29, 0.717) is 30.1 Å². The largest absolute Gasteiger partial charge is 0.355 e. The Morgan fingerprint density at radius 3 is 2.16 bits per heavy atom. The van der Waals surface area contributed by atoms with Gasteiger partial charge in [-0.25, -0.2) is 8.42 Å². The molecule has 9 heteroatoms. The highest BCUT2D eigenvalue weighted by molar-refractivity contribution is 7.92. The fourth-order valence-electron chi connectivity index (χ4n) is 4.28. The third-order valence-electron chi connectivity index (χ3n) is 6.06. The quantitative estimate of drug-likeness (QED) is 0.332. The third kappa shape index (κ3) is 8.60. The van der Waals surface area contributed by atoms with Gasteiger partial charge in [0.1, 0.15) is 6.04 Å². The molecule has 0 fully saturated rings. The maximum Gasteiger partial charge on any atom is 0.243 e. The van der Waals surface area contributed by atoms with Gasteiger partial charge in [0, 0.05) is 37.5 Å². The number of rotatable bonds is 13. The Labute approximate surface area is 230 Å². The Balaban J connectivity index is 1.85. The minimum absolute atomic E-state index is 0.0735. The van der Waals surface area contributed by atoms with E-state index in [1.165, 1.54) is 4.31 Å². The first-order chi connectivity index (χ1) is 18.2. The number of halogens is 1. The zero-order valence-corrected chi connectivity index (χ0v) is 23.3. The molecule has 0 saturated carbocycles. The molecule has 0 aliphatic heterocycles. The van der Waals surface area contributed by atoms with Gasteiger partial charge in [0.2, 0.25) is 21.8 Å². The number of benzene rings is 3. The first-order valence-corrected chi connectivity index (χ1v) is 14.8. The van der Waals surface area contributed by atoms with Crippen molar-refractivity contribution in [3.8, 4) is 0 Å². The van der Waals surface area contributed by atoms with Gasteiger partial charge in [-0.15, -0.1) is 0 Å². The molecule has 3 rings (SSSR count). The van der Waals surface area contributed by atoms with Crippen LogP contribution in [0.15, 0.2) is 84.9 Å². The molecule has 7 nitrogen and oxygen atoms in total. The molecular weight excluding hydrogens is 522 g/mol. The maximum absolute atomic E-state index is 13.7. The van der Waals surface area contributed by atoms with Crippen molar-refractivity contribution in [1.82, 2.24) is 10.2 Å². The molecule has 1 N–H and O–H groups in total. The molecule has 0 radical (unpaired) electrons. The van der Waals surface area contributed by atoms with Crippen molar-refractivity contribution in [2.75, 3.05) is 23.7 Å². The number of likely N-dealkylation sites (N-methyl/N-ethyl adjacent to an activating group) is 1. The van der Waals surface area contributed by atoms with Crippen LogP contribution in [0.3, 0.4) is 0 Å². The Morgan fingerprint density at radius 2 is 1.55 bits per heavy atom. The van der Waals surface area contributed by atoms with Crippen molar-refractivity contribution in [2.24, 2.45) is 0 Å². The average Bonchev–Trinajstić information content (AvgIpc) is 2.89. The normalized spacial score (nSPS) is 12.0. The van der Waals surface area contributed by atoms with Crippen LogP contribution in [-0.2, 0) is 32.6 Å². The van der Waals surface area contributed by atoms with Crippen LogP contribution in [0, 0.1) is 0 Å². The van der Waals surface area contributed by atoms with Gasteiger partial charge in [0.05, 0.1) is 11.9 Å². The van der Waals surface area contributed by atoms with Crippen LogP contribution in [0.2, 0.25) is 5.02 Å². The molecule has 1 atom stereocenters. The number of nitrogens with one attached hydrogen (secondary N) is 1. The van der Waals surface area contributed by atoms with Gasteiger partial charge in [0.25, 0.3) is 0 Å². The Kier molecular flexibility index (Phi) is 10.7. The molecule has 0 unspecified atom stereocenters. The lowest BCUT2D eigenvalue weighted by molar-refractivity contribution is -0.141. The van der Waals surface area contributed by atoms with Crippen LogP contribution >= 0.6 is 11.6 Å². The predicted octanol–water partition coefficient (Wildman–Crippen LogP) is 4.66. The summed E-state index contributed by atoms with van der Waals surface area (Å²) in [6.07, 6.45) is 1.86. The number of anilines is 1. The smallest absolute Gasteiger partial charge is 0.243 e. The van der Waals surface area contributed by atoms with Gasteiger partial charge in [-0.1, -0.05) is 72.3 Å². The third-order valence-corrected chi connectivity index (χ3v) is 7.49. The van der Waals surface area contributed by atoms with E-state index in [2.05, 4.69) is 5.32 Å². The van der Waals surface area contributed by atoms with Crippen molar-refractivity contribution in [3.63, 3.8) is 0 Å². The van der Waals surface area contributed by atoms with E-state index in [1.54, 1.807) is 41.3 Å². The zero-order chi connectivity index (χ0) is 27.5. The molecule has 0 aliphatic carbocycles. The average molecular weight is 556 g/mol. The molecule has 38 heavy (non-hydrogen) atoms. The predicted molar refractivity (Wildman–Crippen MR) is 152 cm³/mol. The highest BCUT2D eigenvalue weighted by Gasteiger charge is 2.30. The van der Waals surface area contributed by atoms with Crippen molar-refractivity contribution >= 4 is 39.1 Å². The van der Waals surface area contributed by atoms with Crippen LogP contribution in [0.25, 0.3) is 0 Å². The van der Waals surface area contributed by atoms with Gasteiger partial charge in [0.15, 0.2) is 0 Å². The van der Waals surface area contributed by atoms with Crippen molar-refractivity contribution < 1.29 is 18.0 Å². The lowest BCUT2D eigenvalue weighted by Gasteiger charge is -2.32. The number of hydrogen-bond donors (Lipinski definition) is 1. The van der Waals surface area contributed by atoms with E-state index in [9.17, 15) is 18.0 Å². The standard InChI is InChI=1S/C29H34ClN3O4S/c1-3-31-29(35)27(21-23-12-6-4-7-13-23)32(22-24-14-10-15-25(30)20-24)28(34)18-11-19-33(38(2,36)37)26-16-8-5-9-17-26/h4-10,12-17,20,27H,3,11,18-19,21-22H2,1-2H3,(H,31,35)/t27-/m1/s1. The second kappa shape index (κ2) is 14.0. The Morgan fingerprint density at radius 1 is 0.921 bits per heavy atom. The molecule has 3 aromatic rings. The fourth-order valence-corrected chi connectivity index (χ4v) is 5.45. The van der Waals surface area contributed by atoms with E-state index in [1.807, 2.05) is 55.5 Å². The zero-order valence-electron chi connectivity index (χ0n) is 21.7. The van der Waals surface area contributed by atoms with E-state index in [4.69, 9.17) is 11.6 Å². The highest BCUT2D eigenvalue weighted by Crippen LogP contribution is 2.21. The van der Waals surface area contributed by atoms with Crippen LogP contribution in [0.4, 0.5) is 5.69 Å². The minimum atomic E-state index is -3.54. The summed E-state index contributed by atoms with van der Waals surface area (Å²) in [4.78, 5) is 28.5. The summed E-state index contributed by atoms with van der Waals surface area (Å²) in [5.74, 6) is -0.479. The highest BCUT2D eigenvalue weighted by atomic mass is 35.5. The van der Waals surface area contributed by atoms with E-state index < -0.39 is 16.1 Å². The van der Waals surface area contributed by atoms with Crippen molar-refractivity contribution in [3.05, 3.63) is 101 Å². The fraction of sp³-hybridized carbons (Fsp3) is 0.310. The first-order valence-electron chi connectivity index (χ1n) is 12.6. The number of para-hydroxylation sites is 1. The topological polar surface area (TPSA) is 86.8 Å². The van der Waals surface area contributed by atoms with Crippen LogP contribution < -0.4 is 9.62 Å². The van der Waals surface area contributed by atoms with Crippen LogP contribution in [0.1, 0.15) is 30.9 Å². The molecule has 0 heterocycles. The first kappa shape index (κ1) is 29.2. The molecule has 0 bridgehead atoms. The van der Waals surface area contributed by atoms with Crippen molar-refractivity contribution in [2.45, 2.75) is 38.8 Å². The summed E-state index contributed by atoms with van der Waals surface area (Å²) in [6.45, 7) is 2.61. The number of hydrogen-bond acceptors (Lipinski definition) is 4. The number of carbonyl (C=O) groups is 2. The molecule has 2 amide bonds. The second-order valence-corrected chi connectivity index (χ2v) is 11.4. The monoisotopic (exact) mass is 555 g/mol. The van der Waals surface area contributed by atoms with E-state index >= 15 is 0 Å². The van der Waals surface area contributed by atoms with E-state index in [0.717, 1.165) is 17.4 Å². The lowest BCUT2D eigenvalue weighted by atomic mass is 10.0. The van der Waals surface area contributed by atoms with Crippen molar-refractivity contribution in [1.29, 1.82) is 0 Å². The summed E-state index contributed by atoms with van der Waals surface area (Å²) >= 11 is 6.20. The van der Waals surface area contributed by atoms with Gasteiger partial charge in [-0.05, 0) is 48.7 Å². The number of amides is 2. The molecule has 0 aromatic heterocycles. The molecule has 202 valence electrons. The molecule has 0 aliphatic rings. The second-order valence-electron chi connectivity index (χ2n) is 9.03. The van der Waals surface area contributed by atoms with Gasteiger partial charge >= 0.3 is 0 Å². The molecular formula is C29H34ClN3O4S. The summed E-state index contributed by atoms with van der Waals surface area (Å²) in [5.41, 5.74) is 2.28. The molecule has 0 saturated heterocycles. The van der Waals surface area contributed by atoms with Crippen LogP contribution in [0.5, 0.6) is 0 Å². The molecule has 0 spiro atoms. The summed E-state index contributed by atoms with van der Waals surface area (Å²) in [5, 5.41) is 3.41. The summed E-state index contributed by atoms with van der Waals surface area (Å²) in [7, 11) is -3.54. The molecule has 3 aromatic carbocycles. The van der Waals surface area contributed by atoms with Gasteiger partial charge in [-0.2, -0.15) is 0 Å². The van der Waals surface area contributed by atoms with Gasteiger partial charge < -0.3 is 10.2 Å². The number of carbonyl (C=O) groups excluding carboxylic acids is 2. The number of nitrogens with zero attached hydrogens (tertiary/aromatic N) is 2. The minimum Gasteiger partial charge on any atom is -0.355 e. The van der Waals surface area contributed by atoms with Gasteiger partial charge in [-0.3, -0.25) is 13.9 Å². The lowest BCUT2D eigenvalue weighted by Crippen LogP contribution is -2.50. The Hall–Kier alpha value is -3.36. The Bertz CT molecular complexity index is 1300. The van der Waals surface area contributed by atoms with E-state index in [-0.39, 0.29) is 31.3 Å².